The lowest BCUT2D eigenvalue weighted by Crippen LogP contribution is -2.12. The second-order valence-electron chi connectivity index (χ2n) is 5.71. The number of aromatic nitrogens is 2. The van der Waals surface area contributed by atoms with Gasteiger partial charge in [-0.3, -0.25) is 4.79 Å². The van der Waals surface area contributed by atoms with Crippen LogP contribution in [0.2, 0.25) is 0 Å². The molecule has 0 amide bonds. The zero-order valence-corrected chi connectivity index (χ0v) is 13.6. The van der Waals surface area contributed by atoms with E-state index in [4.69, 9.17) is 0 Å². The topological polar surface area (TPSA) is 34.9 Å². The first-order valence-corrected chi connectivity index (χ1v) is 7.61. The zero-order chi connectivity index (χ0) is 18.2. The van der Waals surface area contributed by atoms with Crippen LogP contribution in [0.15, 0.2) is 54.9 Å². The number of halogens is 3. The predicted molar refractivity (Wildman–Crippen MR) is 87.9 cm³/mol. The van der Waals surface area contributed by atoms with Gasteiger partial charge in [0, 0.05) is 16.8 Å². The van der Waals surface area contributed by atoms with E-state index in [2.05, 4.69) is 4.98 Å². The average molecular weight is 344 g/mol. The number of aryl methyl sites for hydroxylation is 1. The quantitative estimate of drug-likeness (QED) is 0.643. The van der Waals surface area contributed by atoms with Crippen molar-refractivity contribution >= 4 is 5.78 Å². The Labute approximate surface area is 142 Å². The van der Waals surface area contributed by atoms with Gasteiger partial charge in [-0.25, -0.2) is 4.98 Å². The fourth-order valence-corrected chi connectivity index (χ4v) is 2.59. The van der Waals surface area contributed by atoms with Crippen LogP contribution in [0.3, 0.4) is 0 Å². The van der Waals surface area contributed by atoms with Crippen LogP contribution >= 0.6 is 0 Å². The van der Waals surface area contributed by atoms with Gasteiger partial charge in [-0.15, -0.1) is 0 Å². The molecule has 0 saturated carbocycles. The van der Waals surface area contributed by atoms with Gasteiger partial charge in [0.05, 0.1) is 23.3 Å². The number of carbonyl (C=O) groups excluding carboxylic acids is 1. The largest absolute Gasteiger partial charge is 0.416 e. The third kappa shape index (κ3) is 3.20. The molecule has 0 unspecified atom stereocenters. The van der Waals surface area contributed by atoms with E-state index in [0.717, 1.165) is 23.5 Å². The number of imidazole rings is 1. The number of carbonyl (C=O) groups is 1. The maximum absolute atomic E-state index is 13.1. The molecule has 0 saturated heterocycles. The van der Waals surface area contributed by atoms with Crippen LogP contribution in [0.4, 0.5) is 13.2 Å². The summed E-state index contributed by atoms with van der Waals surface area (Å²) in [6, 6.07) is 11.4. The van der Waals surface area contributed by atoms with Crippen LogP contribution in [-0.4, -0.2) is 15.3 Å². The molecule has 0 bridgehead atoms. The normalized spacial score (nSPS) is 11.6. The number of ketones is 1. The summed E-state index contributed by atoms with van der Waals surface area (Å²) in [6.45, 7) is 3.60. The number of hydrogen-bond acceptors (Lipinski definition) is 2. The van der Waals surface area contributed by atoms with E-state index in [-0.39, 0.29) is 5.56 Å². The molecule has 3 nitrogen and oxygen atoms in total. The van der Waals surface area contributed by atoms with Gasteiger partial charge in [-0.05, 0) is 32.0 Å². The molecule has 0 N–H and O–H groups in total. The Kier molecular flexibility index (Phi) is 4.20. The third-order valence-corrected chi connectivity index (χ3v) is 4.12. The standard InChI is InChI=1S/C19H15F3N2O/c1-12-13(2)24(11-23-12)17-9-8-15(19(20,21)22)10-16(17)18(25)14-6-4-3-5-7-14/h3-11H,1-2H3. The number of rotatable bonds is 3. The Morgan fingerprint density at radius 3 is 2.28 bits per heavy atom. The molecule has 3 rings (SSSR count). The molecule has 6 heteroatoms. The van der Waals surface area contributed by atoms with E-state index in [1.54, 1.807) is 48.7 Å². The van der Waals surface area contributed by atoms with E-state index in [9.17, 15) is 18.0 Å². The van der Waals surface area contributed by atoms with Crippen LogP contribution in [0.25, 0.3) is 5.69 Å². The minimum atomic E-state index is -4.52. The van der Waals surface area contributed by atoms with Crippen LogP contribution in [-0.2, 0) is 6.18 Å². The monoisotopic (exact) mass is 344 g/mol. The van der Waals surface area contributed by atoms with E-state index in [1.165, 1.54) is 12.4 Å². The molecule has 0 aliphatic carbocycles. The fraction of sp³-hybridized carbons (Fsp3) is 0.158. The van der Waals surface area contributed by atoms with Crippen molar-refractivity contribution in [3.8, 4) is 5.69 Å². The van der Waals surface area contributed by atoms with Gasteiger partial charge in [0.15, 0.2) is 5.78 Å². The number of alkyl halides is 3. The van der Waals surface area contributed by atoms with Gasteiger partial charge in [0.25, 0.3) is 0 Å². The van der Waals surface area contributed by atoms with Crippen molar-refractivity contribution in [1.29, 1.82) is 0 Å². The van der Waals surface area contributed by atoms with Gasteiger partial charge in [0.2, 0.25) is 0 Å². The third-order valence-electron chi connectivity index (χ3n) is 4.12. The molecule has 0 spiro atoms. The van der Waals surface area contributed by atoms with Crippen molar-refractivity contribution in [3.63, 3.8) is 0 Å². The van der Waals surface area contributed by atoms with E-state index in [1.807, 2.05) is 0 Å². The smallest absolute Gasteiger partial charge is 0.303 e. The molecule has 0 aliphatic rings. The molecule has 0 fully saturated rings. The summed E-state index contributed by atoms with van der Waals surface area (Å²) in [7, 11) is 0. The molecule has 25 heavy (non-hydrogen) atoms. The second-order valence-corrected chi connectivity index (χ2v) is 5.71. The first-order chi connectivity index (χ1) is 11.8. The first kappa shape index (κ1) is 17.0. The summed E-state index contributed by atoms with van der Waals surface area (Å²) >= 11 is 0. The lowest BCUT2D eigenvalue weighted by molar-refractivity contribution is -0.137. The summed E-state index contributed by atoms with van der Waals surface area (Å²) in [6.07, 6.45) is -3.01. The molecule has 128 valence electrons. The number of hydrogen-bond donors (Lipinski definition) is 0. The van der Waals surface area contributed by atoms with E-state index >= 15 is 0 Å². The highest BCUT2D eigenvalue weighted by molar-refractivity contribution is 6.11. The Morgan fingerprint density at radius 2 is 1.72 bits per heavy atom. The molecule has 2 aromatic carbocycles. The molecular weight excluding hydrogens is 329 g/mol. The van der Waals surface area contributed by atoms with Crippen LogP contribution < -0.4 is 0 Å². The van der Waals surface area contributed by atoms with Crippen molar-refractivity contribution in [2.45, 2.75) is 20.0 Å². The van der Waals surface area contributed by atoms with Crippen LogP contribution in [0.5, 0.6) is 0 Å². The lowest BCUT2D eigenvalue weighted by Gasteiger charge is -2.15. The Bertz CT molecular complexity index is 928. The fourth-order valence-electron chi connectivity index (χ4n) is 2.59. The van der Waals surface area contributed by atoms with Crippen molar-refractivity contribution in [2.75, 3.05) is 0 Å². The molecule has 1 heterocycles. The van der Waals surface area contributed by atoms with Gasteiger partial charge >= 0.3 is 6.18 Å². The van der Waals surface area contributed by atoms with Gasteiger partial charge < -0.3 is 4.57 Å². The van der Waals surface area contributed by atoms with Crippen molar-refractivity contribution in [1.82, 2.24) is 9.55 Å². The van der Waals surface area contributed by atoms with Crippen LogP contribution in [0.1, 0.15) is 32.9 Å². The SMILES string of the molecule is Cc1ncn(-c2ccc(C(F)(F)F)cc2C(=O)c2ccccc2)c1C. The van der Waals surface area contributed by atoms with Crippen molar-refractivity contribution in [2.24, 2.45) is 0 Å². The first-order valence-electron chi connectivity index (χ1n) is 7.61. The molecule has 3 aromatic rings. The minimum absolute atomic E-state index is 0.0125. The Balaban J connectivity index is 2.22. The highest BCUT2D eigenvalue weighted by atomic mass is 19.4. The van der Waals surface area contributed by atoms with Gasteiger partial charge in [0.1, 0.15) is 0 Å². The molecule has 0 atom stereocenters. The molecule has 0 aliphatic heterocycles. The van der Waals surface area contributed by atoms with Crippen molar-refractivity contribution in [3.05, 3.63) is 82.9 Å². The van der Waals surface area contributed by atoms with E-state index < -0.39 is 17.5 Å². The Morgan fingerprint density at radius 1 is 1.04 bits per heavy atom. The summed E-state index contributed by atoms with van der Waals surface area (Å²) in [5.74, 6) is -0.465. The summed E-state index contributed by atoms with van der Waals surface area (Å²) in [4.78, 5) is 17.0. The summed E-state index contributed by atoms with van der Waals surface area (Å²) in [5, 5.41) is 0. The zero-order valence-electron chi connectivity index (χ0n) is 13.6. The maximum Gasteiger partial charge on any atom is 0.416 e. The lowest BCUT2D eigenvalue weighted by atomic mass is 9.99. The maximum atomic E-state index is 13.1. The predicted octanol–water partition coefficient (Wildman–Crippen LogP) is 4.74. The summed E-state index contributed by atoms with van der Waals surface area (Å²) in [5.41, 5.74) is 1.35. The highest BCUT2D eigenvalue weighted by Gasteiger charge is 2.32. The molecular formula is C19H15F3N2O. The highest BCUT2D eigenvalue weighted by Crippen LogP contribution is 2.32. The van der Waals surface area contributed by atoms with Gasteiger partial charge in [-0.2, -0.15) is 13.2 Å². The summed E-state index contributed by atoms with van der Waals surface area (Å²) < 4.78 is 41.0. The van der Waals surface area contributed by atoms with Crippen molar-refractivity contribution < 1.29 is 18.0 Å². The second kappa shape index (κ2) is 6.20. The average Bonchev–Trinajstić information content (AvgIpc) is 2.93. The number of nitrogens with zero attached hydrogens (tertiary/aromatic N) is 2. The van der Waals surface area contributed by atoms with E-state index in [0.29, 0.717) is 11.3 Å². The van der Waals surface area contributed by atoms with Gasteiger partial charge in [-0.1, -0.05) is 30.3 Å². The Hall–Kier alpha value is -2.89. The molecule has 0 radical (unpaired) electrons. The number of benzene rings is 2. The minimum Gasteiger partial charge on any atom is -0.303 e. The molecule has 1 aromatic heterocycles. The van der Waals surface area contributed by atoms with Crippen LogP contribution in [0, 0.1) is 13.8 Å².